The molecule has 0 rings (SSSR count). The number of nitrogens with two attached hydrogens (primary N) is 3. The van der Waals surface area contributed by atoms with Crippen LogP contribution in [0.3, 0.4) is 0 Å². The lowest BCUT2D eigenvalue weighted by Crippen LogP contribution is -2.55. The number of carbonyl (C=O) groups excluding carboxylic acids is 3. The number of rotatable bonds is 12. The van der Waals surface area contributed by atoms with Crippen LogP contribution < -0.4 is 33.2 Å². The van der Waals surface area contributed by atoms with Crippen LogP contribution in [0.5, 0.6) is 0 Å². The Bertz CT molecular complexity index is 593. The molecular formula is C15H29N7O6. The smallest absolute Gasteiger partial charge is 0.328 e. The average Bonchev–Trinajstić information content (AvgIpc) is 2.61. The number of aliphatic carboxylic acids is 1. The number of carboxylic acid groups (broad SMARTS) is 1. The van der Waals surface area contributed by atoms with Gasteiger partial charge < -0.3 is 43.4 Å². The van der Waals surface area contributed by atoms with Gasteiger partial charge in [-0.1, -0.05) is 0 Å². The highest BCUT2D eigenvalue weighted by Crippen LogP contribution is 1.97. The van der Waals surface area contributed by atoms with Gasteiger partial charge in [-0.3, -0.25) is 19.4 Å². The van der Waals surface area contributed by atoms with E-state index in [9.17, 15) is 19.2 Å². The lowest BCUT2D eigenvalue weighted by atomic mass is 10.1. The third-order valence-corrected chi connectivity index (χ3v) is 3.61. The number of hydrogen-bond acceptors (Lipinski definition) is 7. The molecule has 0 aromatic carbocycles. The van der Waals surface area contributed by atoms with Crippen molar-refractivity contribution in [3.05, 3.63) is 0 Å². The van der Waals surface area contributed by atoms with Crippen molar-refractivity contribution < 1.29 is 29.4 Å². The van der Waals surface area contributed by atoms with E-state index in [0.717, 1.165) is 0 Å². The van der Waals surface area contributed by atoms with Gasteiger partial charge in [-0.25, -0.2) is 4.79 Å². The van der Waals surface area contributed by atoms with Crippen LogP contribution >= 0.6 is 0 Å². The molecule has 0 aliphatic carbocycles. The molecule has 160 valence electrons. The van der Waals surface area contributed by atoms with E-state index in [4.69, 9.17) is 27.4 Å². The third-order valence-electron chi connectivity index (χ3n) is 3.61. The molecule has 13 heteroatoms. The molecule has 0 fully saturated rings. The molecule has 0 spiro atoms. The summed E-state index contributed by atoms with van der Waals surface area (Å²) in [5.41, 5.74) is 16.1. The Morgan fingerprint density at radius 2 is 1.46 bits per heavy atom. The fraction of sp³-hybridized carbons (Fsp3) is 0.667. The quantitative estimate of drug-likeness (QED) is 0.0897. The van der Waals surface area contributed by atoms with Crippen molar-refractivity contribution in [1.29, 1.82) is 0 Å². The van der Waals surface area contributed by atoms with E-state index in [1.807, 2.05) is 0 Å². The zero-order valence-electron chi connectivity index (χ0n) is 15.8. The van der Waals surface area contributed by atoms with Gasteiger partial charge in [-0.05, 0) is 26.7 Å². The number of aliphatic imine (C=N–C) groups is 1. The van der Waals surface area contributed by atoms with Crippen LogP contribution in [0.25, 0.3) is 0 Å². The summed E-state index contributed by atoms with van der Waals surface area (Å²) in [4.78, 5) is 50.5. The SMILES string of the molecule is C[C@H](NC(=O)[C@H](C)NC(=O)[C@@H](N)CCCN=C(N)N)C(=O)N[C@@H](CO)C(=O)O. The van der Waals surface area contributed by atoms with E-state index in [1.54, 1.807) is 0 Å². The predicted molar refractivity (Wildman–Crippen MR) is 99.7 cm³/mol. The van der Waals surface area contributed by atoms with Gasteiger partial charge in [0.25, 0.3) is 0 Å². The maximum atomic E-state index is 12.1. The Kier molecular flexibility index (Phi) is 11.2. The second kappa shape index (κ2) is 12.5. The molecule has 0 saturated heterocycles. The number of carboxylic acids is 1. The lowest BCUT2D eigenvalue weighted by Gasteiger charge is -2.21. The number of nitrogens with one attached hydrogen (secondary N) is 3. The summed E-state index contributed by atoms with van der Waals surface area (Å²) in [7, 11) is 0. The number of amides is 3. The van der Waals surface area contributed by atoms with Gasteiger partial charge in [0.2, 0.25) is 17.7 Å². The van der Waals surface area contributed by atoms with Crippen molar-refractivity contribution in [3.8, 4) is 0 Å². The molecule has 0 aliphatic heterocycles. The lowest BCUT2D eigenvalue weighted by molar-refractivity contribution is -0.143. The van der Waals surface area contributed by atoms with Crippen molar-refractivity contribution in [2.75, 3.05) is 13.2 Å². The highest BCUT2D eigenvalue weighted by Gasteiger charge is 2.25. The number of hydrogen-bond donors (Lipinski definition) is 8. The fourth-order valence-corrected chi connectivity index (χ4v) is 1.92. The molecule has 13 nitrogen and oxygen atoms in total. The molecule has 0 bridgehead atoms. The Balaban J connectivity index is 4.45. The van der Waals surface area contributed by atoms with Crippen molar-refractivity contribution in [3.63, 3.8) is 0 Å². The first-order valence-corrected chi connectivity index (χ1v) is 8.55. The van der Waals surface area contributed by atoms with Crippen LogP contribution in [0.4, 0.5) is 0 Å². The van der Waals surface area contributed by atoms with Gasteiger partial charge in [-0.2, -0.15) is 0 Å². The van der Waals surface area contributed by atoms with E-state index < -0.39 is 54.5 Å². The van der Waals surface area contributed by atoms with Crippen molar-refractivity contribution in [2.45, 2.75) is 50.9 Å². The molecule has 0 heterocycles. The summed E-state index contributed by atoms with van der Waals surface area (Å²) in [5, 5.41) is 24.5. The van der Waals surface area contributed by atoms with Crippen LogP contribution in [-0.2, 0) is 19.2 Å². The number of aliphatic hydroxyl groups is 1. The molecule has 4 atom stereocenters. The minimum atomic E-state index is -1.49. The standard InChI is InChI=1S/C15H29N7O6/c1-7(21-13(26)9(16)4-3-5-19-15(17)18)11(24)20-8(2)12(25)22-10(6-23)14(27)28/h7-10,23H,3-6,16H2,1-2H3,(H,20,24)(H,21,26)(H,22,25)(H,27,28)(H4,17,18,19)/t7-,8-,9-,10-/m0/s1. The molecule has 3 amide bonds. The average molecular weight is 403 g/mol. The molecule has 0 unspecified atom stereocenters. The minimum Gasteiger partial charge on any atom is -0.480 e. The van der Waals surface area contributed by atoms with E-state index in [2.05, 4.69) is 20.9 Å². The first kappa shape index (κ1) is 25.1. The third kappa shape index (κ3) is 9.68. The van der Waals surface area contributed by atoms with Gasteiger partial charge in [0.15, 0.2) is 5.96 Å². The summed E-state index contributed by atoms with van der Waals surface area (Å²) in [6, 6.07) is -4.43. The Hall–Kier alpha value is -2.93. The normalized spacial score (nSPS) is 14.7. The van der Waals surface area contributed by atoms with Crippen molar-refractivity contribution in [1.82, 2.24) is 16.0 Å². The van der Waals surface area contributed by atoms with Crippen LogP contribution in [0, 0.1) is 0 Å². The highest BCUT2D eigenvalue weighted by atomic mass is 16.4. The van der Waals surface area contributed by atoms with Gasteiger partial charge in [0.05, 0.1) is 12.6 Å². The summed E-state index contributed by atoms with van der Waals surface area (Å²) in [5.74, 6) is -3.50. The molecule has 11 N–H and O–H groups in total. The summed E-state index contributed by atoms with van der Waals surface area (Å²) < 4.78 is 0. The van der Waals surface area contributed by atoms with Gasteiger partial charge in [0.1, 0.15) is 18.1 Å². The van der Waals surface area contributed by atoms with Crippen molar-refractivity contribution in [2.24, 2.45) is 22.2 Å². The largest absolute Gasteiger partial charge is 0.480 e. The van der Waals surface area contributed by atoms with E-state index in [1.165, 1.54) is 13.8 Å². The number of guanidine groups is 1. The van der Waals surface area contributed by atoms with Crippen LogP contribution in [-0.4, -0.2) is 77.2 Å². The van der Waals surface area contributed by atoms with Gasteiger partial charge in [-0.15, -0.1) is 0 Å². The minimum absolute atomic E-state index is 0.0601. The first-order chi connectivity index (χ1) is 13.0. The number of carbonyl (C=O) groups is 4. The maximum Gasteiger partial charge on any atom is 0.328 e. The molecule has 0 aromatic rings. The Morgan fingerprint density at radius 3 is 1.93 bits per heavy atom. The maximum absolute atomic E-state index is 12.1. The molecule has 0 radical (unpaired) electrons. The monoisotopic (exact) mass is 403 g/mol. The molecule has 0 saturated carbocycles. The zero-order valence-corrected chi connectivity index (χ0v) is 15.8. The predicted octanol–water partition coefficient (Wildman–Crippen LogP) is -4.06. The van der Waals surface area contributed by atoms with Crippen LogP contribution in [0.2, 0.25) is 0 Å². The van der Waals surface area contributed by atoms with Crippen LogP contribution in [0.15, 0.2) is 4.99 Å². The van der Waals surface area contributed by atoms with E-state index >= 15 is 0 Å². The number of aliphatic hydroxyl groups excluding tert-OH is 1. The van der Waals surface area contributed by atoms with E-state index in [-0.39, 0.29) is 5.96 Å². The highest BCUT2D eigenvalue weighted by molar-refractivity contribution is 5.93. The van der Waals surface area contributed by atoms with E-state index in [0.29, 0.717) is 19.4 Å². The Labute approximate surface area is 162 Å². The molecule has 0 aromatic heterocycles. The van der Waals surface area contributed by atoms with Crippen LogP contribution in [0.1, 0.15) is 26.7 Å². The second-order valence-electron chi connectivity index (χ2n) is 6.10. The van der Waals surface area contributed by atoms with Gasteiger partial charge in [0, 0.05) is 6.54 Å². The molecule has 28 heavy (non-hydrogen) atoms. The summed E-state index contributed by atoms with van der Waals surface area (Å²) in [6.07, 6.45) is 0.771. The first-order valence-electron chi connectivity index (χ1n) is 8.55. The number of nitrogens with zero attached hydrogens (tertiary/aromatic N) is 1. The fourth-order valence-electron chi connectivity index (χ4n) is 1.92. The second-order valence-corrected chi connectivity index (χ2v) is 6.10. The summed E-state index contributed by atoms with van der Waals surface area (Å²) in [6.45, 7) is 2.25. The summed E-state index contributed by atoms with van der Waals surface area (Å²) >= 11 is 0. The molecular weight excluding hydrogens is 374 g/mol. The van der Waals surface area contributed by atoms with Gasteiger partial charge >= 0.3 is 5.97 Å². The van der Waals surface area contributed by atoms with Crippen molar-refractivity contribution >= 4 is 29.7 Å². The topological polar surface area (TPSA) is 235 Å². The Morgan fingerprint density at radius 1 is 0.964 bits per heavy atom. The zero-order chi connectivity index (χ0) is 21.9. The molecule has 0 aliphatic rings.